The van der Waals surface area contributed by atoms with E-state index in [2.05, 4.69) is 21.0 Å². The summed E-state index contributed by atoms with van der Waals surface area (Å²) in [6, 6.07) is 15.1. The Hall–Kier alpha value is -3.56. The lowest BCUT2D eigenvalue weighted by Crippen LogP contribution is -2.39. The van der Waals surface area contributed by atoms with Gasteiger partial charge in [-0.3, -0.25) is 4.90 Å². The summed E-state index contributed by atoms with van der Waals surface area (Å²) in [5, 5.41) is 14.8. The molecule has 1 saturated heterocycles. The maximum absolute atomic E-state index is 12.0. The summed E-state index contributed by atoms with van der Waals surface area (Å²) < 4.78 is 33.5. The van der Waals surface area contributed by atoms with Gasteiger partial charge in [0.1, 0.15) is 10.4 Å². The van der Waals surface area contributed by atoms with Crippen LogP contribution in [0.3, 0.4) is 0 Å². The van der Waals surface area contributed by atoms with Gasteiger partial charge in [-0.25, -0.2) is 18.1 Å². The quantitative estimate of drug-likeness (QED) is 0.309. The molecule has 0 saturated carbocycles. The van der Waals surface area contributed by atoms with Crippen molar-refractivity contribution in [2.45, 2.75) is 44.2 Å². The van der Waals surface area contributed by atoms with Crippen molar-refractivity contribution in [3.8, 4) is 17.7 Å². The number of fused-ring (bicyclic) bond motifs is 1. The number of thiophene rings is 1. The van der Waals surface area contributed by atoms with Crippen molar-refractivity contribution in [2.75, 3.05) is 25.5 Å². The second-order valence-electron chi connectivity index (χ2n) is 9.69. The molecule has 4 aromatic rings. The molecule has 1 aliphatic rings. The number of likely N-dealkylation sites (tertiary alicyclic amines) is 1. The van der Waals surface area contributed by atoms with Crippen molar-refractivity contribution < 1.29 is 13.2 Å². The molecule has 3 heterocycles. The zero-order chi connectivity index (χ0) is 27.6. The Morgan fingerprint density at radius 1 is 1.10 bits per heavy atom. The average Bonchev–Trinajstić information content (AvgIpc) is 3.41. The highest BCUT2D eigenvalue weighted by Crippen LogP contribution is 2.36. The molecule has 11 heteroatoms. The SMILES string of the molecule is CNS(=O)(=O)c1ccc(CN2CCC(Nc3nc(Oc4c(C)cc(C#N)cc4C)c4sccc4n3)CC2)cc1. The molecule has 2 aromatic carbocycles. The van der Waals surface area contributed by atoms with Gasteiger partial charge in [0.05, 0.1) is 22.0 Å². The van der Waals surface area contributed by atoms with Gasteiger partial charge < -0.3 is 10.1 Å². The van der Waals surface area contributed by atoms with Crippen LogP contribution in [0.15, 0.2) is 52.7 Å². The number of hydrogen-bond acceptors (Lipinski definition) is 9. The van der Waals surface area contributed by atoms with Gasteiger partial charge >= 0.3 is 0 Å². The number of aromatic nitrogens is 2. The van der Waals surface area contributed by atoms with Crippen molar-refractivity contribution in [1.29, 1.82) is 5.26 Å². The fraction of sp³-hybridized carbons (Fsp3) is 0.321. The number of nitrogens with zero attached hydrogens (tertiary/aromatic N) is 4. The number of aryl methyl sites for hydroxylation is 2. The van der Waals surface area contributed by atoms with Crippen molar-refractivity contribution in [3.05, 3.63) is 70.1 Å². The van der Waals surface area contributed by atoms with E-state index >= 15 is 0 Å². The van der Waals surface area contributed by atoms with Crippen molar-refractivity contribution in [2.24, 2.45) is 0 Å². The normalized spacial score (nSPS) is 14.8. The van der Waals surface area contributed by atoms with Crippen molar-refractivity contribution in [1.82, 2.24) is 19.6 Å². The number of nitrogens with one attached hydrogen (secondary N) is 2. The van der Waals surface area contributed by atoms with E-state index in [0.29, 0.717) is 23.1 Å². The van der Waals surface area contributed by atoms with Crippen LogP contribution in [0.4, 0.5) is 5.95 Å². The Bertz CT molecular complexity index is 1610. The number of ether oxygens (including phenoxy) is 1. The molecule has 0 bridgehead atoms. The largest absolute Gasteiger partial charge is 0.437 e. The predicted octanol–water partition coefficient (Wildman–Crippen LogP) is 4.96. The minimum atomic E-state index is -3.43. The lowest BCUT2D eigenvalue weighted by Gasteiger charge is -2.32. The summed E-state index contributed by atoms with van der Waals surface area (Å²) in [7, 11) is -2.01. The Balaban J connectivity index is 1.24. The van der Waals surface area contributed by atoms with Gasteiger partial charge in [-0.15, -0.1) is 11.3 Å². The highest BCUT2D eigenvalue weighted by molar-refractivity contribution is 7.89. The number of rotatable bonds is 8. The van der Waals surface area contributed by atoms with Gasteiger partial charge in [-0.05, 0) is 86.1 Å². The predicted molar refractivity (Wildman–Crippen MR) is 153 cm³/mol. The van der Waals surface area contributed by atoms with Crippen LogP contribution in [-0.2, 0) is 16.6 Å². The summed E-state index contributed by atoms with van der Waals surface area (Å²) in [5.74, 6) is 1.76. The molecule has 9 nitrogen and oxygen atoms in total. The van der Waals surface area contributed by atoms with E-state index in [9.17, 15) is 13.7 Å². The van der Waals surface area contributed by atoms with Gasteiger partial charge in [-0.1, -0.05) is 12.1 Å². The molecule has 0 unspecified atom stereocenters. The van der Waals surface area contributed by atoms with Gasteiger partial charge in [0.15, 0.2) is 0 Å². The second kappa shape index (κ2) is 11.3. The molecular formula is C28H30N6O3S2. The number of nitriles is 1. The van der Waals surface area contributed by atoms with Crippen LogP contribution < -0.4 is 14.8 Å². The van der Waals surface area contributed by atoms with E-state index < -0.39 is 10.0 Å². The number of anilines is 1. The van der Waals surface area contributed by atoms with E-state index in [1.807, 2.05) is 49.6 Å². The zero-order valence-electron chi connectivity index (χ0n) is 22.1. The smallest absolute Gasteiger partial charge is 0.242 e. The summed E-state index contributed by atoms with van der Waals surface area (Å²) in [5.41, 5.74) is 4.29. The third kappa shape index (κ3) is 6.04. The highest BCUT2D eigenvalue weighted by Gasteiger charge is 2.22. The van der Waals surface area contributed by atoms with Crippen molar-refractivity contribution in [3.63, 3.8) is 0 Å². The molecule has 202 valence electrons. The van der Waals surface area contributed by atoms with Crippen LogP contribution in [0, 0.1) is 25.2 Å². The average molecular weight is 563 g/mol. The van der Waals surface area contributed by atoms with Gasteiger partial charge in [-0.2, -0.15) is 10.2 Å². The van der Waals surface area contributed by atoms with E-state index in [1.54, 1.807) is 12.1 Å². The monoisotopic (exact) mass is 562 g/mol. The summed E-state index contributed by atoms with van der Waals surface area (Å²) in [4.78, 5) is 12.1. The molecule has 0 radical (unpaired) electrons. The maximum Gasteiger partial charge on any atom is 0.242 e. The second-order valence-corrected chi connectivity index (χ2v) is 12.5. The lowest BCUT2D eigenvalue weighted by atomic mass is 10.0. The zero-order valence-corrected chi connectivity index (χ0v) is 23.7. The number of piperidine rings is 1. The molecule has 5 rings (SSSR count). The number of benzene rings is 2. The van der Waals surface area contributed by atoms with Gasteiger partial charge in [0.2, 0.25) is 21.9 Å². The molecule has 2 aromatic heterocycles. The summed E-state index contributed by atoms with van der Waals surface area (Å²) in [6.45, 7) is 6.44. The van der Waals surface area contributed by atoms with Crippen LogP contribution in [0.2, 0.25) is 0 Å². The van der Waals surface area contributed by atoms with Gasteiger partial charge in [0.25, 0.3) is 0 Å². The molecule has 0 atom stereocenters. The maximum atomic E-state index is 12.0. The van der Waals surface area contributed by atoms with Crippen LogP contribution in [0.1, 0.15) is 35.1 Å². The fourth-order valence-corrected chi connectivity index (χ4v) is 6.30. The molecule has 2 N–H and O–H groups in total. The van der Waals surface area contributed by atoms with E-state index in [0.717, 1.165) is 59.4 Å². The Morgan fingerprint density at radius 3 is 2.44 bits per heavy atom. The third-order valence-corrected chi connectivity index (χ3v) is 9.21. The Kier molecular flexibility index (Phi) is 7.81. The molecule has 0 amide bonds. The van der Waals surface area contributed by atoms with E-state index in [-0.39, 0.29) is 10.9 Å². The summed E-state index contributed by atoms with van der Waals surface area (Å²) in [6.07, 6.45) is 1.86. The minimum absolute atomic E-state index is 0.228. The molecule has 1 aliphatic heterocycles. The fourth-order valence-electron chi connectivity index (χ4n) is 4.81. The third-order valence-electron chi connectivity index (χ3n) is 6.89. The topological polar surface area (TPSA) is 120 Å². The molecule has 0 aliphatic carbocycles. The van der Waals surface area contributed by atoms with Crippen LogP contribution >= 0.6 is 11.3 Å². The molecule has 39 heavy (non-hydrogen) atoms. The van der Waals surface area contributed by atoms with Crippen LogP contribution in [-0.4, -0.2) is 49.5 Å². The van der Waals surface area contributed by atoms with E-state index in [4.69, 9.17) is 14.7 Å². The molecule has 1 fully saturated rings. The minimum Gasteiger partial charge on any atom is -0.437 e. The number of hydrogen-bond donors (Lipinski definition) is 2. The van der Waals surface area contributed by atoms with Crippen molar-refractivity contribution >= 4 is 37.5 Å². The highest BCUT2D eigenvalue weighted by atomic mass is 32.2. The first-order chi connectivity index (χ1) is 18.8. The standard InChI is InChI=1S/C28H30N6O3S2/c1-18-14-21(16-29)15-19(2)25(18)37-27-26-24(10-13-38-26)32-28(33-27)31-22-8-11-34(12-9-22)17-20-4-6-23(7-5-20)39(35,36)30-3/h4-7,10,13-15,22,30H,8-9,11-12,17H2,1-3H3,(H,31,32,33). The van der Waals surface area contributed by atoms with E-state index in [1.165, 1.54) is 18.4 Å². The first-order valence-electron chi connectivity index (χ1n) is 12.7. The first kappa shape index (κ1) is 27.0. The Morgan fingerprint density at radius 2 is 1.79 bits per heavy atom. The Labute approximate surface area is 232 Å². The van der Waals surface area contributed by atoms with Crippen LogP contribution in [0.25, 0.3) is 10.2 Å². The number of sulfonamides is 1. The van der Waals surface area contributed by atoms with Crippen LogP contribution in [0.5, 0.6) is 11.6 Å². The lowest BCUT2D eigenvalue weighted by molar-refractivity contribution is 0.211. The van der Waals surface area contributed by atoms with Gasteiger partial charge in [0, 0.05) is 25.7 Å². The summed E-state index contributed by atoms with van der Waals surface area (Å²) >= 11 is 1.54. The first-order valence-corrected chi connectivity index (χ1v) is 15.1. The molecule has 0 spiro atoms. The molecular weight excluding hydrogens is 532 g/mol.